The molecule has 1 fully saturated rings. The second-order valence-electron chi connectivity index (χ2n) is 6.04. The SMILES string of the molecule is CN1CCN(C)C(CNCCCCc2ccccc2)C1. The molecule has 0 radical (unpaired) electrons. The lowest BCUT2D eigenvalue weighted by atomic mass is 10.1. The summed E-state index contributed by atoms with van der Waals surface area (Å²) < 4.78 is 0. The van der Waals surface area contributed by atoms with Gasteiger partial charge in [0.05, 0.1) is 0 Å². The van der Waals surface area contributed by atoms with Crippen LogP contribution >= 0.6 is 0 Å². The van der Waals surface area contributed by atoms with Crippen LogP contribution in [0.2, 0.25) is 0 Å². The molecule has 3 nitrogen and oxygen atoms in total. The first-order valence-corrected chi connectivity index (χ1v) is 7.89. The van der Waals surface area contributed by atoms with Crippen molar-refractivity contribution in [3.05, 3.63) is 35.9 Å². The second-order valence-corrected chi connectivity index (χ2v) is 6.04. The lowest BCUT2D eigenvalue weighted by molar-refractivity contribution is 0.113. The molecule has 2 rings (SSSR count). The molecular weight excluding hydrogens is 246 g/mol. The molecule has 0 bridgehead atoms. The molecule has 1 heterocycles. The first-order chi connectivity index (χ1) is 9.75. The molecule has 1 aromatic rings. The Bertz CT molecular complexity index is 366. The first-order valence-electron chi connectivity index (χ1n) is 7.89. The Kier molecular flexibility index (Phi) is 6.51. The minimum Gasteiger partial charge on any atom is -0.315 e. The fraction of sp³-hybridized carbons (Fsp3) is 0.647. The minimum atomic E-state index is 0.669. The highest BCUT2D eigenvalue weighted by Crippen LogP contribution is 2.06. The maximum atomic E-state index is 3.62. The van der Waals surface area contributed by atoms with E-state index in [-0.39, 0.29) is 0 Å². The van der Waals surface area contributed by atoms with Crippen molar-refractivity contribution < 1.29 is 0 Å². The van der Waals surface area contributed by atoms with E-state index in [2.05, 4.69) is 59.5 Å². The average molecular weight is 275 g/mol. The standard InChI is InChI=1S/C17H29N3/c1-19-12-13-20(2)17(15-19)14-18-11-7-6-10-16-8-4-3-5-9-16/h3-5,8-9,17-18H,6-7,10-15H2,1-2H3. The summed E-state index contributed by atoms with van der Waals surface area (Å²) in [4.78, 5) is 4.92. The molecule has 1 saturated heterocycles. The van der Waals surface area contributed by atoms with E-state index in [1.165, 1.54) is 44.5 Å². The molecule has 0 aliphatic carbocycles. The highest BCUT2D eigenvalue weighted by atomic mass is 15.3. The van der Waals surface area contributed by atoms with E-state index in [0.717, 1.165) is 13.1 Å². The lowest BCUT2D eigenvalue weighted by Crippen LogP contribution is -2.53. The van der Waals surface area contributed by atoms with Gasteiger partial charge in [-0.3, -0.25) is 4.90 Å². The number of nitrogens with zero attached hydrogens (tertiary/aromatic N) is 2. The number of benzene rings is 1. The first kappa shape index (κ1) is 15.5. The maximum Gasteiger partial charge on any atom is 0.0345 e. The van der Waals surface area contributed by atoms with Crippen molar-refractivity contribution in [2.45, 2.75) is 25.3 Å². The number of likely N-dealkylation sites (N-methyl/N-ethyl adjacent to an activating group) is 2. The van der Waals surface area contributed by atoms with Crippen LogP contribution in [0.15, 0.2) is 30.3 Å². The van der Waals surface area contributed by atoms with E-state index in [1.54, 1.807) is 0 Å². The fourth-order valence-electron chi connectivity index (χ4n) is 2.81. The summed E-state index contributed by atoms with van der Waals surface area (Å²) in [7, 11) is 4.47. The number of nitrogens with one attached hydrogen (secondary N) is 1. The van der Waals surface area contributed by atoms with Gasteiger partial charge in [0, 0.05) is 32.2 Å². The van der Waals surface area contributed by atoms with E-state index in [1.807, 2.05) is 0 Å². The highest BCUT2D eigenvalue weighted by molar-refractivity contribution is 5.14. The van der Waals surface area contributed by atoms with Crippen molar-refractivity contribution >= 4 is 0 Å². The van der Waals surface area contributed by atoms with Gasteiger partial charge in [0.1, 0.15) is 0 Å². The largest absolute Gasteiger partial charge is 0.315 e. The summed E-state index contributed by atoms with van der Waals surface area (Å²) in [6, 6.07) is 11.5. The molecule has 112 valence electrons. The lowest BCUT2D eigenvalue weighted by Gasteiger charge is -2.37. The van der Waals surface area contributed by atoms with E-state index in [0.29, 0.717) is 6.04 Å². The van der Waals surface area contributed by atoms with Gasteiger partial charge in [-0.2, -0.15) is 0 Å². The van der Waals surface area contributed by atoms with Crippen LogP contribution in [0.3, 0.4) is 0 Å². The molecule has 20 heavy (non-hydrogen) atoms. The molecular formula is C17H29N3. The van der Waals surface area contributed by atoms with Gasteiger partial charge in [-0.15, -0.1) is 0 Å². The Morgan fingerprint density at radius 3 is 2.70 bits per heavy atom. The van der Waals surface area contributed by atoms with Crippen LogP contribution < -0.4 is 5.32 Å². The second kappa shape index (κ2) is 8.40. The Labute approximate surface area is 124 Å². The highest BCUT2D eigenvalue weighted by Gasteiger charge is 2.21. The number of hydrogen-bond donors (Lipinski definition) is 1. The third-order valence-corrected chi connectivity index (χ3v) is 4.27. The summed E-state index contributed by atoms with van der Waals surface area (Å²) in [5, 5.41) is 3.62. The van der Waals surface area contributed by atoms with Crippen LogP contribution in [0.25, 0.3) is 0 Å². The van der Waals surface area contributed by atoms with E-state index in [4.69, 9.17) is 0 Å². The normalized spacial score (nSPS) is 21.2. The van der Waals surface area contributed by atoms with Crippen molar-refractivity contribution in [3.8, 4) is 0 Å². The predicted octanol–water partition coefficient (Wildman–Crippen LogP) is 1.84. The van der Waals surface area contributed by atoms with Gasteiger partial charge in [0.25, 0.3) is 0 Å². The van der Waals surface area contributed by atoms with Gasteiger partial charge in [-0.1, -0.05) is 30.3 Å². The summed E-state index contributed by atoms with van der Waals surface area (Å²) in [6.45, 7) is 5.83. The maximum absolute atomic E-state index is 3.62. The number of hydrogen-bond acceptors (Lipinski definition) is 3. The molecule has 1 aromatic carbocycles. The molecule has 1 atom stereocenters. The quantitative estimate of drug-likeness (QED) is 0.766. The van der Waals surface area contributed by atoms with Crippen LogP contribution in [0.5, 0.6) is 0 Å². The zero-order valence-electron chi connectivity index (χ0n) is 13.0. The predicted molar refractivity (Wildman–Crippen MR) is 86.2 cm³/mol. The average Bonchev–Trinajstić information content (AvgIpc) is 2.47. The molecule has 0 saturated carbocycles. The third-order valence-electron chi connectivity index (χ3n) is 4.27. The van der Waals surface area contributed by atoms with Crippen molar-refractivity contribution in [2.75, 3.05) is 46.8 Å². The zero-order valence-corrected chi connectivity index (χ0v) is 13.0. The molecule has 1 unspecified atom stereocenters. The van der Waals surface area contributed by atoms with Crippen LogP contribution in [0, 0.1) is 0 Å². The summed E-state index contributed by atoms with van der Waals surface area (Å²) >= 11 is 0. The topological polar surface area (TPSA) is 18.5 Å². The van der Waals surface area contributed by atoms with E-state index >= 15 is 0 Å². The van der Waals surface area contributed by atoms with E-state index in [9.17, 15) is 0 Å². The van der Waals surface area contributed by atoms with Gasteiger partial charge in [0.15, 0.2) is 0 Å². The summed E-state index contributed by atoms with van der Waals surface area (Å²) in [5.74, 6) is 0. The molecule has 0 aromatic heterocycles. The summed E-state index contributed by atoms with van der Waals surface area (Å²) in [5.41, 5.74) is 1.46. The Hall–Kier alpha value is -0.900. The smallest absolute Gasteiger partial charge is 0.0345 e. The van der Waals surface area contributed by atoms with Crippen LogP contribution in [-0.4, -0.2) is 62.7 Å². The van der Waals surface area contributed by atoms with Crippen LogP contribution in [-0.2, 0) is 6.42 Å². The van der Waals surface area contributed by atoms with Crippen molar-refractivity contribution in [3.63, 3.8) is 0 Å². The Balaban J connectivity index is 1.53. The number of unbranched alkanes of at least 4 members (excludes halogenated alkanes) is 1. The number of rotatable bonds is 7. The Morgan fingerprint density at radius 1 is 1.10 bits per heavy atom. The van der Waals surface area contributed by atoms with Crippen molar-refractivity contribution in [1.29, 1.82) is 0 Å². The zero-order chi connectivity index (χ0) is 14.2. The molecule has 1 N–H and O–H groups in total. The van der Waals surface area contributed by atoms with Gasteiger partial charge in [-0.05, 0) is 45.5 Å². The van der Waals surface area contributed by atoms with Gasteiger partial charge < -0.3 is 10.2 Å². The fourth-order valence-corrected chi connectivity index (χ4v) is 2.81. The van der Waals surface area contributed by atoms with Gasteiger partial charge in [-0.25, -0.2) is 0 Å². The molecule has 0 spiro atoms. The monoisotopic (exact) mass is 275 g/mol. The van der Waals surface area contributed by atoms with Crippen LogP contribution in [0.1, 0.15) is 18.4 Å². The molecule has 0 amide bonds. The third kappa shape index (κ3) is 5.23. The Morgan fingerprint density at radius 2 is 1.90 bits per heavy atom. The molecule has 1 aliphatic heterocycles. The summed E-state index contributed by atoms with van der Waals surface area (Å²) in [6.07, 6.45) is 3.74. The van der Waals surface area contributed by atoms with Gasteiger partial charge >= 0.3 is 0 Å². The molecule has 1 aliphatic rings. The molecule has 3 heteroatoms. The van der Waals surface area contributed by atoms with Crippen molar-refractivity contribution in [1.82, 2.24) is 15.1 Å². The minimum absolute atomic E-state index is 0.669. The van der Waals surface area contributed by atoms with Crippen LogP contribution in [0.4, 0.5) is 0 Å². The number of aryl methyl sites for hydroxylation is 1. The van der Waals surface area contributed by atoms with E-state index < -0.39 is 0 Å². The number of piperazine rings is 1. The van der Waals surface area contributed by atoms with Gasteiger partial charge in [0.2, 0.25) is 0 Å². The van der Waals surface area contributed by atoms with Crippen molar-refractivity contribution in [2.24, 2.45) is 0 Å².